The van der Waals surface area contributed by atoms with Gasteiger partial charge in [-0.05, 0) is 42.4 Å². The smallest absolute Gasteiger partial charge is 0.287 e. The molecule has 1 heterocycles. The third-order valence-corrected chi connectivity index (χ3v) is 5.20. The summed E-state index contributed by atoms with van der Waals surface area (Å²) in [7, 11) is 1.62. The first kappa shape index (κ1) is 22.4. The van der Waals surface area contributed by atoms with Gasteiger partial charge in [-0.25, -0.2) is 0 Å². The molecule has 0 radical (unpaired) electrons. The van der Waals surface area contributed by atoms with E-state index in [1.54, 1.807) is 13.2 Å². The van der Waals surface area contributed by atoms with Gasteiger partial charge in [0.25, 0.3) is 5.91 Å². The number of amides is 1. The molecule has 0 saturated carbocycles. The summed E-state index contributed by atoms with van der Waals surface area (Å²) in [6, 6.07) is 17.2. The normalized spacial score (nSPS) is 10.8. The Morgan fingerprint density at radius 1 is 1.03 bits per heavy atom. The van der Waals surface area contributed by atoms with Crippen LogP contribution in [-0.2, 0) is 6.54 Å². The topological polar surface area (TPSA) is 63.9 Å². The third-order valence-electron chi connectivity index (χ3n) is 5.20. The lowest BCUT2D eigenvalue weighted by molar-refractivity contribution is 0.0924. The Bertz CT molecular complexity index is 965. The van der Waals surface area contributed by atoms with Crippen molar-refractivity contribution >= 4 is 5.91 Å². The van der Waals surface area contributed by atoms with Gasteiger partial charge < -0.3 is 24.1 Å². The van der Waals surface area contributed by atoms with Gasteiger partial charge in [0.1, 0.15) is 6.61 Å². The molecule has 6 heteroatoms. The minimum Gasteiger partial charge on any atom is -0.493 e. The molecular formula is C25H30N2O4. The highest BCUT2D eigenvalue weighted by Crippen LogP contribution is 2.28. The molecule has 0 aliphatic carbocycles. The maximum Gasteiger partial charge on any atom is 0.287 e. The van der Waals surface area contributed by atoms with Crippen LogP contribution in [0, 0.1) is 0 Å². The van der Waals surface area contributed by atoms with Gasteiger partial charge in [0, 0.05) is 18.7 Å². The molecule has 0 unspecified atom stereocenters. The number of benzene rings is 2. The highest BCUT2D eigenvalue weighted by Gasteiger charge is 2.17. The molecule has 2 aromatic carbocycles. The Morgan fingerprint density at radius 3 is 2.52 bits per heavy atom. The predicted octanol–water partition coefficient (Wildman–Crippen LogP) is 4.61. The lowest BCUT2D eigenvalue weighted by Gasteiger charge is -2.19. The van der Waals surface area contributed by atoms with Gasteiger partial charge in [-0.1, -0.05) is 50.2 Å². The minimum absolute atomic E-state index is 0.262. The average Bonchev–Trinajstić information content (AvgIpc) is 3.31. The number of ether oxygens (including phenoxy) is 2. The third kappa shape index (κ3) is 5.89. The van der Waals surface area contributed by atoms with Crippen molar-refractivity contribution < 1.29 is 18.7 Å². The van der Waals surface area contributed by atoms with Crippen LogP contribution >= 0.6 is 0 Å². The van der Waals surface area contributed by atoms with E-state index in [1.807, 2.05) is 48.5 Å². The molecule has 0 saturated heterocycles. The molecule has 0 atom stereocenters. The zero-order valence-corrected chi connectivity index (χ0v) is 18.4. The van der Waals surface area contributed by atoms with Gasteiger partial charge in [-0.2, -0.15) is 0 Å². The molecule has 0 spiro atoms. The van der Waals surface area contributed by atoms with Crippen LogP contribution in [-0.4, -0.2) is 44.2 Å². The number of nitrogens with zero attached hydrogens (tertiary/aromatic N) is 1. The Hall–Kier alpha value is -3.25. The summed E-state index contributed by atoms with van der Waals surface area (Å²) >= 11 is 0. The molecule has 0 aliphatic heterocycles. The number of carbonyl (C=O) groups is 1. The van der Waals surface area contributed by atoms with E-state index < -0.39 is 0 Å². The fraction of sp³-hybridized carbons (Fsp3) is 0.320. The second-order valence-electron chi connectivity index (χ2n) is 7.07. The van der Waals surface area contributed by atoms with E-state index in [1.165, 1.54) is 6.26 Å². The molecule has 0 bridgehead atoms. The van der Waals surface area contributed by atoms with Crippen LogP contribution in [0.25, 0.3) is 11.1 Å². The molecule has 3 aromatic rings. The SMILES string of the molecule is CCN(CC)CCOc1ccc(CNC(=O)c2occc2-c2ccccc2)cc1OC. The highest BCUT2D eigenvalue weighted by molar-refractivity contribution is 5.98. The maximum absolute atomic E-state index is 12.7. The van der Waals surface area contributed by atoms with Crippen molar-refractivity contribution in [1.82, 2.24) is 10.2 Å². The number of hydrogen-bond donors (Lipinski definition) is 1. The number of nitrogens with one attached hydrogen (secondary N) is 1. The molecule has 164 valence electrons. The Balaban J connectivity index is 1.61. The van der Waals surface area contributed by atoms with Crippen LogP contribution in [0.1, 0.15) is 30.0 Å². The van der Waals surface area contributed by atoms with Crippen LogP contribution in [0.4, 0.5) is 0 Å². The van der Waals surface area contributed by atoms with Crippen LogP contribution in [0.3, 0.4) is 0 Å². The van der Waals surface area contributed by atoms with Crippen molar-refractivity contribution in [3.05, 3.63) is 72.2 Å². The largest absolute Gasteiger partial charge is 0.493 e. The predicted molar refractivity (Wildman–Crippen MR) is 122 cm³/mol. The molecule has 31 heavy (non-hydrogen) atoms. The molecule has 1 N–H and O–H groups in total. The summed E-state index contributed by atoms with van der Waals surface area (Å²) in [6.07, 6.45) is 1.53. The maximum atomic E-state index is 12.7. The Labute approximate surface area is 183 Å². The van der Waals surface area contributed by atoms with Crippen molar-refractivity contribution in [3.8, 4) is 22.6 Å². The summed E-state index contributed by atoms with van der Waals surface area (Å²) in [5.74, 6) is 1.38. The highest BCUT2D eigenvalue weighted by atomic mass is 16.5. The number of likely N-dealkylation sites (N-methyl/N-ethyl adjacent to an activating group) is 1. The van der Waals surface area contributed by atoms with Gasteiger partial charge in [0.2, 0.25) is 0 Å². The number of rotatable bonds is 11. The van der Waals surface area contributed by atoms with Crippen molar-refractivity contribution in [2.75, 3.05) is 33.4 Å². The van der Waals surface area contributed by atoms with E-state index >= 15 is 0 Å². The van der Waals surface area contributed by atoms with Crippen LogP contribution in [0.15, 0.2) is 65.3 Å². The van der Waals surface area contributed by atoms with Gasteiger partial charge in [-0.15, -0.1) is 0 Å². The average molecular weight is 423 g/mol. The Kier molecular flexibility index (Phi) is 8.12. The van der Waals surface area contributed by atoms with Gasteiger partial charge in [0.05, 0.1) is 13.4 Å². The van der Waals surface area contributed by atoms with Crippen LogP contribution < -0.4 is 14.8 Å². The van der Waals surface area contributed by atoms with Gasteiger partial charge >= 0.3 is 0 Å². The molecule has 6 nitrogen and oxygen atoms in total. The first-order valence-corrected chi connectivity index (χ1v) is 10.6. The van der Waals surface area contributed by atoms with Crippen molar-refractivity contribution in [3.63, 3.8) is 0 Å². The van der Waals surface area contributed by atoms with Crippen LogP contribution in [0.2, 0.25) is 0 Å². The lowest BCUT2D eigenvalue weighted by Crippen LogP contribution is -2.28. The molecular weight excluding hydrogens is 392 g/mol. The summed E-state index contributed by atoms with van der Waals surface area (Å²) in [5.41, 5.74) is 2.62. The quantitative estimate of drug-likeness (QED) is 0.489. The van der Waals surface area contributed by atoms with Crippen molar-refractivity contribution in [2.24, 2.45) is 0 Å². The molecule has 1 aromatic heterocycles. The van der Waals surface area contributed by atoms with Gasteiger partial charge in [0.15, 0.2) is 17.3 Å². The second-order valence-corrected chi connectivity index (χ2v) is 7.07. The second kappa shape index (κ2) is 11.2. The summed E-state index contributed by atoms with van der Waals surface area (Å²) < 4.78 is 16.8. The number of carbonyl (C=O) groups excluding carboxylic acids is 1. The first-order valence-electron chi connectivity index (χ1n) is 10.6. The molecule has 3 rings (SSSR count). The molecule has 0 aliphatic rings. The minimum atomic E-state index is -0.262. The fourth-order valence-corrected chi connectivity index (χ4v) is 3.36. The summed E-state index contributed by atoms with van der Waals surface area (Å²) in [4.78, 5) is 15.0. The standard InChI is InChI=1S/C25H30N2O4/c1-4-27(5-2)14-16-30-22-12-11-19(17-23(22)29-3)18-26-25(28)24-21(13-15-31-24)20-9-7-6-8-10-20/h6-13,15,17H,4-5,14,16,18H2,1-3H3,(H,26,28). The number of hydrogen-bond acceptors (Lipinski definition) is 5. The molecule has 0 fully saturated rings. The van der Waals surface area contributed by atoms with E-state index in [0.717, 1.165) is 36.3 Å². The summed E-state index contributed by atoms with van der Waals surface area (Å²) in [6.45, 7) is 8.07. The number of methoxy groups -OCH3 is 1. The van der Waals surface area contributed by atoms with E-state index in [4.69, 9.17) is 13.9 Å². The molecule has 1 amide bonds. The van der Waals surface area contributed by atoms with Crippen LogP contribution in [0.5, 0.6) is 11.5 Å². The lowest BCUT2D eigenvalue weighted by atomic mass is 10.1. The zero-order valence-electron chi connectivity index (χ0n) is 18.4. The van der Waals surface area contributed by atoms with E-state index in [-0.39, 0.29) is 5.91 Å². The zero-order chi connectivity index (χ0) is 22.1. The fourth-order valence-electron chi connectivity index (χ4n) is 3.36. The summed E-state index contributed by atoms with van der Waals surface area (Å²) in [5, 5.41) is 2.92. The first-order chi connectivity index (χ1) is 15.2. The number of furan rings is 1. The van der Waals surface area contributed by atoms with E-state index in [0.29, 0.717) is 30.4 Å². The van der Waals surface area contributed by atoms with E-state index in [9.17, 15) is 4.79 Å². The Morgan fingerprint density at radius 2 is 1.81 bits per heavy atom. The monoisotopic (exact) mass is 422 g/mol. The van der Waals surface area contributed by atoms with Crippen molar-refractivity contribution in [1.29, 1.82) is 0 Å². The van der Waals surface area contributed by atoms with E-state index in [2.05, 4.69) is 24.1 Å². The van der Waals surface area contributed by atoms with Gasteiger partial charge in [-0.3, -0.25) is 4.79 Å². The van der Waals surface area contributed by atoms with Crippen molar-refractivity contribution in [2.45, 2.75) is 20.4 Å².